The zero-order valence-corrected chi connectivity index (χ0v) is 13.1. The normalized spacial score (nSPS) is 22.2. The van der Waals surface area contributed by atoms with Gasteiger partial charge in [0.25, 0.3) is 15.5 Å². The molecule has 24 heavy (non-hydrogen) atoms. The summed E-state index contributed by atoms with van der Waals surface area (Å²) in [6.07, 6.45) is 1.91. The average molecular weight is 368 g/mol. The number of aliphatic hydroxyl groups is 1. The number of benzene rings is 1. The van der Waals surface area contributed by atoms with Crippen molar-refractivity contribution in [2.45, 2.75) is 48.2 Å². The number of sulfone groups is 1. The van der Waals surface area contributed by atoms with E-state index in [2.05, 4.69) is 5.32 Å². The molecule has 0 aliphatic heterocycles. The summed E-state index contributed by atoms with van der Waals surface area (Å²) in [6, 6.07) is 1.47. The van der Waals surface area contributed by atoms with Gasteiger partial charge in [0.2, 0.25) is 0 Å². The van der Waals surface area contributed by atoms with Crippen LogP contribution in [0.4, 0.5) is 24.5 Å². The molecule has 0 amide bonds. The lowest BCUT2D eigenvalue weighted by atomic mass is 9.92. The summed E-state index contributed by atoms with van der Waals surface area (Å²) in [5.41, 5.74) is -6.47. The number of anilines is 1. The maximum atomic E-state index is 12.6. The number of alkyl halides is 3. The Balaban J connectivity index is 2.39. The van der Waals surface area contributed by atoms with Crippen LogP contribution in [0.25, 0.3) is 0 Å². The number of nitro benzene ring substituents is 1. The molecule has 1 aliphatic rings. The van der Waals surface area contributed by atoms with Crippen molar-refractivity contribution in [2.75, 3.05) is 5.32 Å². The number of nitrogens with zero attached hydrogens (tertiary/aromatic N) is 1. The highest BCUT2D eigenvalue weighted by molar-refractivity contribution is 7.92. The minimum atomic E-state index is -5.67. The van der Waals surface area contributed by atoms with Gasteiger partial charge < -0.3 is 10.4 Å². The summed E-state index contributed by atoms with van der Waals surface area (Å²) in [4.78, 5) is 8.94. The maximum absolute atomic E-state index is 12.6. The van der Waals surface area contributed by atoms with Crippen molar-refractivity contribution in [3.63, 3.8) is 0 Å². The lowest BCUT2D eigenvalue weighted by Gasteiger charge is -2.29. The van der Waals surface area contributed by atoms with Crippen LogP contribution in [0.5, 0.6) is 0 Å². The second kappa shape index (κ2) is 6.55. The molecular weight excluding hydrogens is 353 g/mol. The summed E-state index contributed by atoms with van der Waals surface area (Å²) < 4.78 is 60.5. The van der Waals surface area contributed by atoms with Crippen LogP contribution >= 0.6 is 0 Å². The highest BCUT2D eigenvalue weighted by atomic mass is 32.2. The predicted octanol–water partition coefficient (Wildman–Crippen LogP) is 2.60. The van der Waals surface area contributed by atoms with Gasteiger partial charge in [-0.25, -0.2) is 8.42 Å². The number of hydrogen-bond acceptors (Lipinski definition) is 6. The van der Waals surface area contributed by atoms with E-state index in [1.165, 1.54) is 0 Å². The second-order valence-corrected chi connectivity index (χ2v) is 7.43. The molecule has 0 radical (unpaired) electrons. The van der Waals surface area contributed by atoms with Gasteiger partial charge in [0.15, 0.2) is 0 Å². The molecule has 0 aromatic heterocycles. The van der Waals surface area contributed by atoms with Crippen LogP contribution < -0.4 is 5.32 Å². The Bertz CT molecular complexity index is 736. The highest BCUT2D eigenvalue weighted by Gasteiger charge is 2.47. The van der Waals surface area contributed by atoms with Crippen molar-refractivity contribution < 1.29 is 31.6 Å². The summed E-state index contributed by atoms with van der Waals surface area (Å²) in [6.45, 7) is 0. The van der Waals surface area contributed by atoms with Crippen LogP contribution in [0.3, 0.4) is 0 Å². The first-order chi connectivity index (χ1) is 11.0. The number of nitro groups is 1. The number of nitrogens with one attached hydrogen (secondary N) is 1. The molecule has 0 heterocycles. The molecule has 2 unspecified atom stereocenters. The molecule has 1 aromatic carbocycles. The third-order valence-electron chi connectivity index (χ3n) is 3.85. The average Bonchev–Trinajstić information content (AvgIpc) is 2.48. The fraction of sp³-hybridized carbons (Fsp3) is 0.538. The van der Waals surface area contributed by atoms with Crippen molar-refractivity contribution in [1.29, 1.82) is 0 Å². The highest BCUT2D eigenvalue weighted by Crippen LogP contribution is 2.35. The molecule has 0 bridgehead atoms. The van der Waals surface area contributed by atoms with Crippen LogP contribution in [-0.4, -0.2) is 36.1 Å². The number of aliphatic hydroxyl groups excluding tert-OH is 1. The van der Waals surface area contributed by atoms with E-state index < -0.39 is 43.0 Å². The van der Waals surface area contributed by atoms with Crippen LogP contribution in [0, 0.1) is 10.1 Å². The lowest BCUT2D eigenvalue weighted by molar-refractivity contribution is -0.384. The summed E-state index contributed by atoms with van der Waals surface area (Å²) in [5.74, 6) is 0. The summed E-state index contributed by atoms with van der Waals surface area (Å²) in [7, 11) is -5.67. The van der Waals surface area contributed by atoms with Crippen LogP contribution in [0.2, 0.25) is 0 Å². The Kier molecular flexibility index (Phi) is 5.04. The summed E-state index contributed by atoms with van der Waals surface area (Å²) in [5, 5.41) is 23.7. The topological polar surface area (TPSA) is 110 Å². The molecule has 11 heteroatoms. The lowest BCUT2D eigenvalue weighted by Crippen LogP contribution is -2.36. The fourth-order valence-electron chi connectivity index (χ4n) is 2.56. The third-order valence-corrected chi connectivity index (χ3v) is 5.34. The SMILES string of the molecule is O=[N+]([O-])c1cc(S(=O)(=O)C(F)(F)F)ccc1NC1CCCCC1O. The fourth-order valence-corrected chi connectivity index (χ4v) is 3.35. The van der Waals surface area contributed by atoms with E-state index in [1.807, 2.05) is 0 Å². The van der Waals surface area contributed by atoms with Gasteiger partial charge in [0.1, 0.15) is 5.69 Å². The first-order valence-electron chi connectivity index (χ1n) is 7.08. The Morgan fingerprint density at radius 1 is 1.25 bits per heavy atom. The quantitative estimate of drug-likeness (QED) is 0.624. The molecule has 7 nitrogen and oxygen atoms in total. The summed E-state index contributed by atoms with van der Waals surface area (Å²) >= 11 is 0. The zero-order valence-electron chi connectivity index (χ0n) is 12.3. The largest absolute Gasteiger partial charge is 0.501 e. The van der Waals surface area contributed by atoms with Gasteiger partial charge in [0.05, 0.1) is 22.0 Å². The van der Waals surface area contributed by atoms with Gasteiger partial charge >= 0.3 is 5.51 Å². The van der Waals surface area contributed by atoms with Crippen molar-refractivity contribution in [3.05, 3.63) is 28.3 Å². The van der Waals surface area contributed by atoms with Crippen molar-refractivity contribution >= 4 is 21.2 Å². The molecule has 2 rings (SSSR count). The van der Waals surface area contributed by atoms with Crippen LogP contribution in [-0.2, 0) is 9.84 Å². The van der Waals surface area contributed by atoms with E-state index in [4.69, 9.17) is 0 Å². The van der Waals surface area contributed by atoms with Gasteiger partial charge in [-0.1, -0.05) is 12.8 Å². The van der Waals surface area contributed by atoms with Crippen molar-refractivity contribution in [1.82, 2.24) is 0 Å². The molecule has 0 spiro atoms. The van der Waals surface area contributed by atoms with E-state index in [0.29, 0.717) is 25.0 Å². The Morgan fingerprint density at radius 3 is 2.42 bits per heavy atom. The standard InChI is InChI=1S/C13H15F3N2O5S/c14-13(15,16)24(22,23)8-5-6-9(11(7-8)18(20)21)17-10-3-1-2-4-12(10)19/h5-7,10,12,17,19H,1-4H2. The Morgan fingerprint density at radius 2 is 1.88 bits per heavy atom. The second-order valence-electron chi connectivity index (χ2n) is 5.49. The molecule has 0 saturated heterocycles. The number of halogens is 3. The molecule has 1 fully saturated rings. The molecular formula is C13H15F3N2O5S. The van der Waals surface area contributed by atoms with E-state index >= 15 is 0 Å². The molecule has 2 N–H and O–H groups in total. The van der Waals surface area contributed by atoms with E-state index in [0.717, 1.165) is 18.9 Å². The number of hydrogen-bond donors (Lipinski definition) is 2. The van der Waals surface area contributed by atoms with Gasteiger partial charge in [-0.05, 0) is 25.0 Å². The first kappa shape index (κ1) is 18.5. The Hall–Kier alpha value is -1.88. The minimum Gasteiger partial charge on any atom is -0.391 e. The molecule has 134 valence electrons. The molecule has 2 atom stereocenters. The monoisotopic (exact) mass is 368 g/mol. The molecule has 1 saturated carbocycles. The molecule has 1 aromatic rings. The molecule has 1 aliphatic carbocycles. The van der Waals surface area contributed by atoms with Gasteiger partial charge in [0, 0.05) is 6.07 Å². The minimum absolute atomic E-state index is 0.132. The first-order valence-corrected chi connectivity index (χ1v) is 8.57. The van der Waals surface area contributed by atoms with Crippen LogP contribution in [0.15, 0.2) is 23.1 Å². The smallest absolute Gasteiger partial charge is 0.391 e. The van der Waals surface area contributed by atoms with Gasteiger partial charge in [-0.3, -0.25) is 10.1 Å². The van der Waals surface area contributed by atoms with Crippen molar-refractivity contribution in [3.8, 4) is 0 Å². The van der Waals surface area contributed by atoms with Crippen LogP contribution in [0.1, 0.15) is 25.7 Å². The Labute approximate surface area is 135 Å². The van der Waals surface area contributed by atoms with E-state index in [-0.39, 0.29) is 5.69 Å². The maximum Gasteiger partial charge on any atom is 0.501 e. The van der Waals surface area contributed by atoms with Gasteiger partial charge in [-0.15, -0.1) is 0 Å². The van der Waals surface area contributed by atoms with E-state index in [9.17, 15) is 36.8 Å². The third kappa shape index (κ3) is 3.61. The van der Waals surface area contributed by atoms with E-state index in [1.54, 1.807) is 0 Å². The van der Waals surface area contributed by atoms with Crippen molar-refractivity contribution in [2.24, 2.45) is 0 Å². The zero-order chi connectivity index (χ0) is 18.1. The van der Waals surface area contributed by atoms with Gasteiger partial charge in [-0.2, -0.15) is 13.2 Å². The number of rotatable bonds is 4. The predicted molar refractivity (Wildman–Crippen MR) is 78.2 cm³/mol.